The first-order valence-electron chi connectivity index (χ1n) is 8.82. The van der Waals surface area contributed by atoms with Crippen LogP contribution >= 0.6 is 0 Å². The van der Waals surface area contributed by atoms with Gasteiger partial charge in [-0.05, 0) is 44.2 Å². The second-order valence-corrected chi connectivity index (χ2v) is 6.26. The molecule has 24 heavy (non-hydrogen) atoms. The van der Waals surface area contributed by atoms with Crippen molar-refractivity contribution in [2.45, 2.75) is 58.8 Å². The van der Waals surface area contributed by atoms with Gasteiger partial charge < -0.3 is 4.90 Å². The van der Waals surface area contributed by atoms with Gasteiger partial charge in [0.1, 0.15) is 0 Å². The summed E-state index contributed by atoms with van der Waals surface area (Å²) in [4.78, 5) is 26.1. The SMILES string of the molecule is CCCC/C(C)=N/NC(=O)CCC(=O)N1CCCc2ccccc21. The zero-order valence-corrected chi connectivity index (χ0v) is 14.7. The Balaban J connectivity index is 1.82. The Morgan fingerprint density at radius 2 is 2.00 bits per heavy atom. The van der Waals surface area contributed by atoms with Crippen molar-refractivity contribution in [2.75, 3.05) is 11.4 Å². The highest BCUT2D eigenvalue weighted by Crippen LogP contribution is 2.27. The number of carbonyl (C=O) groups is 2. The van der Waals surface area contributed by atoms with Crippen molar-refractivity contribution in [2.24, 2.45) is 5.10 Å². The second kappa shape index (κ2) is 9.21. The predicted octanol–water partition coefficient (Wildman–Crippen LogP) is 3.43. The van der Waals surface area contributed by atoms with Crippen molar-refractivity contribution >= 4 is 23.2 Å². The molecule has 0 radical (unpaired) electrons. The van der Waals surface area contributed by atoms with Gasteiger partial charge in [-0.25, -0.2) is 5.43 Å². The van der Waals surface area contributed by atoms with Crippen LogP contribution < -0.4 is 10.3 Å². The minimum absolute atomic E-state index is 0.00369. The van der Waals surface area contributed by atoms with Crippen LogP contribution in [0.3, 0.4) is 0 Å². The first-order valence-corrected chi connectivity index (χ1v) is 8.82. The van der Waals surface area contributed by atoms with E-state index in [2.05, 4.69) is 23.5 Å². The van der Waals surface area contributed by atoms with Crippen molar-refractivity contribution in [1.29, 1.82) is 0 Å². The zero-order chi connectivity index (χ0) is 17.4. The largest absolute Gasteiger partial charge is 0.312 e. The standard InChI is InChI=1S/C19H27N3O2/c1-3-4-8-15(2)20-21-18(23)12-13-19(24)22-14-7-10-16-9-5-6-11-17(16)22/h5-6,9,11H,3-4,7-8,10,12-14H2,1-2H3,(H,21,23)/b20-15+. The molecule has 1 aromatic carbocycles. The number of para-hydroxylation sites is 1. The highest BCUT2D eigenvalue weighted by atomic mass is 16.2. The number of rotatable bonds is 7. The van der Waals surface area contributed by atoms with Crippen LogP contribution in [-0.2, 0) is 16.0 Å². The van der Waals surface area contributed by atoms with Crippen molar-refractivity contribution in [3.8, 4) is 0 Å². The van der Waals surface area contributed by atoms with Gasteiger partial charge in [-0.15, -0.1) is 0 Å². The zero-order valence-electron chi connectivity index (χ0n) is 14.7. The molecule has 1 aliphatic heterocycles. The monoisotopic (exact) mass is 329 g/mol. The Morgan fingerprint density at radius 3 is 2.79 bits per heavy atom. The van der Waals surface area contributed by atoms with Crippen LogP contribution in [-0.4, -0.2) is 24.1 Å². The molecule has 1 aliphatic rings. The lowest BCUT2D eigenvalue weighted by molar-refractivity contribution is -0.125. The van der Waals surface area contributed by atoms with Gasteiger partial charge in [0.05, 0.1) is 0 Å². The van der Waals surface area contributed by atoms with E-state index in [0.717, 1.165) is 50.0 Å². The average Bonchev–Trinajstić information content (AvgIpc) is 2.62. The van der Waals surface area contributed by atoms with E-state index in [1.807, 2.05) is 30.0 Å². The van der Waals surface area contributed by atoms with Gasteiger partial charge in [0.25, 0.3) is 0 Å². The average molecular weight is 329 g/mol. The van der Waals surface area contributed by atoms with E-state index in [1.54, 1.807) is 0 Å². The van der Waals surface area contributed by atoms with Gasteiger partial charge in [-0.2, -0.15) is 5.10 Å². The third kappa shape index (κ3) is 5.18. The fourth-order valence-corrected chi connectivity index (χ4v) is 2.85. The molecule has 1 heterocycles. The molecule has 2 rings (SSSR count). The molecule has 0 fully saturated rings. The van der Waals surface area contributed by atoms with Gasteiger partial charge in [0.2, 0.25) is 11.8 Å². The molecule has 2 amide bonds. The van der Waals surface area contributed by atoms with Gasteiger partial charge in [0.15, 0.2) is 0 Å². The molecule has 0 saturated heterocycles. The number of aryl methyl sites for hydroxylation is 1. The summed E-state index contributed by atoms with van der Waals surface area (Å²) in [6.45, 7) is 4.76. The number of nitrogens with zero attached hydrogens (tertiary/aromatic N) is 2. The van der Waals surface area contributed by atoms with Crippen molar-refractivity contribution in [3.05, 3.63) is 29.8 Å². The summed E-state index contributed by atoms with van der Waals surface area (Å²) >= 11 is 0. The third-order valence-electron chi connectivity index (χ3n) is 4.24. The maximum Gasteiger partial charge on any atom is 0.240 e. The number of hydrogen-bond donors (Lipinski definition) is 1. The summed E-state index contributed by atoms with van der Waals surface area (Å²) in [5.41, 5.74) is 5.66. The molecule has 1 N–H and O–H groups in total. The van der Waals surface area contributed by atoms with Crippen LogP contribution in [0, 0.1) is 0 Å². The number of nitrogens with one attached hydrogen (secondary N) is 1. The number of amides is 2. The molecule has 0 unspecified atom stereocenters. The first-order chi connectivity index (χ1) is 11.6. The van der Waals surface area contributed by atoms with E-state index in [4.69, 9.17) is 0 Å². The molecular formula is C19H27N3O2. The topological polar surface area (TPSA) is 61.8 Å². The van der Waals surface area contributed by atoms with Crippen LogP contribution in [0.1, 0.15) is 57.9 Å². The van der Waals surface area contributed by atoms with E-state index in [-0.39, 0.29) is 24.7 Å². The number of unbranched alkanes of at least 4 members (excludes halogenated alkanes) is 1. The quantitative estimate of drug-likeness (QED) is 0.615. The van der Waals surface area contributed by atoms with Crippen LogP contribution in [0.15, 0.2) is 29.4 Å². The molecule has 1 aromatic rings. The molecular weight excluding hydrogens is 302 g/mol. The van der Waals surface area contributed by atoms with E-state index in [1.165, 1.54) is 5.56 Å². The smallest absolute Gasteiger partial charge is 0.240 e. The lowest BCUT2D eigenvalue weighted by Crippen LogP contribution is -2.36. The number of hydrogen-bond acceptors (Lipinski definition) is 3. The summed E-state index contributed by atoms with van der Waals surface area (Å²) in [6.07, 6.45) is 5.42. The molecule has 0 bridgehead atoms. The summed E-state index contributed by atoms with van der Waals surface area (Å²) in [7, 11) is 0. The second-order valence-electron chi connectivity index (χ2n) is 6.26. The van der Waals surface area contributed by atoms with Gasteiger partial charge >= 0.3 is 0 Å². The highest BCUT2D eigenvalue weighted by molar-refractivity contribution is 5.96. The fraction of sp³-hybridized carbons (Fsp3) is 0.526. The summed E-state index contributed by atoms with van der Waals surface area (Å²) in [5.74, 6) is -0.200. The Morgan fingerprint density at radius 1 is 1.21 bits per heavy atom. The van der Waals surface area contributed by atoms with E-state index in [9.17, 15) is 9.59 Å². The first kappa shape index (κ1) is 18.2. The summed E-state index contributed by atoms with van der Waals surface area (Å²) in [5, 5.41) is 4.08. The van der Waals surface area contributed by atoms with E-state index in [0.29, 0.717) is 0 Å². The number of anilines is 1. The lowest BCUT2D eigenvalue weighted by atomic mass is 10.0. The van der Waals surface area contributed by atoms with Gasteiger partial charge in [-0.3, -0.25) is 9.59 Å². The minimum Gasteiger partial charge on any atom is -0.312 e. The summed E-state index contributed by atoms with van der Waals surface area (Å²) < 4.78 is 0. The van der Waals surface area contributed by atoms with Crippen LogP contribution in [0.4, 0.5) is 5.69 Å². The Bertz CT molecular complexity index is 610. The number of fused-ring (bicyclic) bond motifs is 1. The number of benzene rings is 1. The molecule has 0 aliphatic carbocycles. The summed E-state index contributed by atoms with van der Waals surface area (Å²) in [6, 6.07) is 7.99. The molecule has 130 valence electrons. The molecule has 5 nitrogen and oxygen atoms in total. The highest BCUT2D eigenvalue weighted by Gasteiger charge is 2.22. The maximum atomic E-state index is 12.5. The third-order valence-corrected chi connectivity index (χ3v) is 4.24. The lowest BCUT2D eigenvalue weighted by Gasteiger charge is -2.29. The Labute approximate surface area is 144 Å². The molecule has 0 atom stereocenters. The predicted molar refractivity (Wildman–Crippen MR) is 97.1 cm³/mol. The maximum absolute atomic E-state index is 12.5. The minimum atomic E-state index is -0.204. The van der Waals surface area contributed by atoms with Crippen molar-refractivity contribution < 1.29 is 9.59 Å². The fourth-order valence-electron chi connectivity index (χ4n) is 2.85. The number of hydrazone groups is 1. The van der Waals surface area contributed by atoms with Crippen LogP contribution in [0.25, 0.3) is 0 Å². The van der Waals surface area contributed by atoms with E-state index >= 15 is 0 Å². The van der Waals surface area contributed by atoms with Crippen molar-refractivity contribution in [1.82, 2.24) is 5.43 Å². The van der Waals surface area contributed by atoms with Crippen LogP contribution in [0.2, 0.25) is 0 Å². The van der Waals surface area contributed by atoms with Gasteiger partial charge in [0, 0.05) is 30.8 Å². The Hall–Kier alpha value is -2.17. The van der Waals surface area contributed by atoms with Crippen LogP contribution in [0.5, 0.6) is 0 Å². The molecule has 0 spiro atoms. The Kier molecular flexibility index (Phi) is 6.97. The van der Waals surface area contributed by atoms with E-state index < -0.39 is 0 Å². The van der Waals surface area contributed by atoms with Crippen molar-refractivity contribution in [3.63, 3.8) is 0 Å². The molecule has 0 saturated carbocycles. The molecule has 5 heteroatoms. The molecule has 0 aromatic heterocycles. The normalized spacial score (nSPS) is 14.2. The number of carbonyl (C=O) groups excluding carboxylic acids is 2. The van der Waals surface area contributed by atoms with Gasteiger partial charge in [-0.1, -0.05) is 31.5 Å².